The summed E-state index contributed by atoms with van der Waals surface area (Å²) in [6.07, 6.45) is 2.78. The van der Waals surface area contributed by atoms with Gasteiger partial charge in [-0.2, -0.15) is 0 Å². The highest BCUT2D eigenvalue weighted by atomic mass is 16.4. The van der Waals surface area contributed by atoms with Crippen LogP contribution in [-0.2, 0) is 0 Å². The van der Waals surface area contributed by atoms with Gasteiger partial charge in [-0.3, -0.25) is 4.79 Å². The Labute approximate surface area is 131 Å². The molecule has 5 nitrogen and oxygen atoms in total. The first-order chi connectivity index (χ1) is 11.0. The maximum atomic E-state index is 12.1. The molecule has 0 aliphatic carbocycles. The van der Waals surface area contributed by atoms with Crippen molar-refractivity contribution in [3.63, 3.8) is 0 Å². The molecule has 2 N–H and O–H groups in total. The van der Waals surface area contributed by atoms with Crippen LogP contribution in [0.5, 0.6) is 5.75 Å². The Morgan fingerprint density at radius 3 is 2.52 bits per heavy atom. The van der Waals surface area contributed by atoms with Gasteiger partial charge in [0.2, 0.25) is 0 Å². The molecule has 0 atom stereocenters. The molecule has 0 aliphatic rings. The quantitative estimate of drug-likeness (QED) is 0.566. The van der Waals surface area contributed by atoms with Crippen molar-refractivity contribution in [1.82, 2.24) is 0 Å². The number of phenols is 1. The molecule has 0 radical (unpaired) electrons. The smallest absolute Gasteiger partial charge is 0.335 e. The molecule has 0 fully saturated rings. The number of phenolic OH excluding ortho intramolecular Hbond substituents is 1. The number of aromatic carboxylic acids is 1. The molecular formula is C18H12O5. The summed E-state index contributed by atoms with van der Waals surface area (Å²) in [5.41, 5.74) is 0.663. The summed E-state index contributed by atoms with van der Waals surface area (Å²) < 4.78 is 5.56. The Morgan fingerprint density at radius 1 is 1.04 bits per heavy atom. The van der Waals surface area contributed by atoms with Gasteiger partial charge in [-0.05, 0) is 42.5 Å². The van der Waals surface area contributed by atoms with E-state index in [2.05, 4.69) is 0 Å². The van der Waals surface area contributed by atoms with Gasteiger partial charge < -0.3 is 14.6 Å². The third-order valence-electron chi connectivity index (χ3n) is 3.35. The molecule has 2 aromatic carbocycles. The Hall–Kier alpha value is -3.34. The van der Waals surface area contributed by atoms with Gasteiger partial charge in [-0.15, -0.1) is 0 Å². The van der Waals surface area contributed by atoms with Crippen LogP contribution in [0, 0.1) is 0 Å². The molecule has 0 amide bonds. The topological polar surface area (TPSA) is 87.7 Å². The maximum Gasteiger partial charge on any atom is 0.335 e. The highest BCUT2D eigenvalue weighted by Crippen LogP contribution is 2.22. The molecular weight excluding hydrogens is 296 g/mol. The lowest BCUT2D eigenvalue weighted by atomic mass is 10.1. The van der Waals surface area contributed by atoms with Crippen molar-refractivity contribution in [1.29, 1.82) is 0 Å². The molecule has 3 aromatic rings. The molecule has 114 valence electrons. The van der Waals surface area contributed by atoms with Crippen molar-refractivity contribution >= 4 is 28.8 Å². The second-order valence-electron chi connectivity index (χ2n) is 4.92. The lowest BCUT2D eigenvalue weighted by Gasteiger charge is -2.01. The van der Waals surface area contributed by atoms with Crippen LogP contribution < -0.4 is 0 Å². The van der Waals surface area contributed by atoms with Crippen LogP contribution in [0.3, 0.4) is 0 Å². The predicted molar refractivity (Wildman–Crippen MR) is 84.6 cm³/mol. The summed E-state index contributed by atoms with van der Waals surface area (Å²) in [6, 6.07) is 12.9. The van der Waals surface area contributed by atoms with Crippen molar-refractivity contribution in [3.8, 4) is 5.75 Å². The molecule has 3 rings (SSSR count). The van der Waals surface area contributed by atoms with Gasteiger partial charge in [0.1, 0.15) is 17.1 Å². The van der Waals surface area contributed by atoms with Gasteiger partial charge in [-0.1, -0.05) is 18.2 Å². The minimum absolute atomic E-state index is 0.0300. The molecule has 0 aliphatic heterocycles. The number of furan rings is 1. The largest absolute Gasteiger partial charge is 0.507 e. The molecule has 1 heterocycles. The summed E-state index contributed by atoms with van der Waals surface area (Å²) in [6.45, 7) is 0. The minimum Gasteiger partial charge on any atom is -0.507 e. The second kappa shape index (κ2) is 5.81. The number of ketones is 1. The van der Waals surface area contributed by atoms with Gasteiger partial charge in [0.25, 0.3) is 0 Å². The fourth-order valence-electron chi connectivity index (χ4n) is 2.21. The number of carbonyl (C=O) groups is 2. The fraction of sp³-hybridized carbons (Fsp3) is 0. The van der Waals surface area contributed by atoms with E-state index in [-0.39, 0.29) is 16.9 Å². The number of para-hydroxylation sites is 1. The van der Waals surface area contributed by atoms with Crippen LogP contribution in [0.15, 0.2) is 59.0 Å². The molecule has 23 heavy (non-hydrogen) atoms. The highest BCUT2D eigenvalue weighted by molar-refractivity contribution is 6.09. The van der Waals surface area contributed by atoms with Gasteiger partial charge in [0, 0.05) is 5.39 Å². The van der Waals surface area contributed by atoms with E-state index in [9.17, 15) is 14.7 Å². The number of aromatic hydroxyl groups is 1. The molecule has 0 unspecified atom stereocenters. The maximum absolute atomic E-state index is 12.1. The van der Waals surface area contributed by atoms with Crippen LogP contribution in [0.2, 0.25) is 0 Å². The number of rotatable bonds is 4. The van der Waals surface area contributed by atoms with E-state index in [0.717, 1.165) is 11.5 Å². The van der Waals surface area contributed by atoms with Gasteiger partial charge in [0.15, 0.2) is 5.78 Å². The van der Waals surface area contributed by atoms with E-state index in [1.807, 2.05) is 24.3 Å². The van der Waals surface area contributed by atoms with Gasteiger partial charge in [-0.25, -0.2) is 4.79 Å². The Bertz CT molecular complexity index is 900. The number of allylic oxidation sites excluding steroid dienone is 1. The summed E-state index contributed by atoms with van der Waals surface area (Å²) in [5, 5.41) is 19.5. The number of carboxylic acid groups (broad SMARTS) is 1. The van der Waals surface area contributed by atoms with Crippen molar-refractivity contribution in [2.75, 3.05) is 0 Å². The van der Waals surface area contributed by atoms with Crippen LogP contribution >= 0.6 is 0 Å². The first-order valence-corrected chi connectivity index (χ1v) is 6.82. The summed E-state index contributed by atoms with van der Waals surface area (Å²) in [4.78, 5) is 22.9. The van der Waals surface area contributed by atoms with E-state index in [1.54, 1.807) is 6.07 Å². The van der Waals surface area contributed by atoms with Crippen molar-refractivity contribution in [3.05, 3.63) is 71.5 Å². The summed E-state index contributed by atoms with van der Waals surface area (Å²) in [7, 11) is 0. The van der Waals surface area contributed by atoms with Crippen molar-refractivity contribution < 1.29 is 24.2 Å². The monoisotopic (exact) mass is 308 g/mol. The number of fused-ring (bicyclic) bond motifs is 1. The van der Waals surface area contributed by atoms with E-state index >= 15 is 0 Å². The van der Waals surface area contributed by atoms with Crippen LogP contribution in [0.25, 0.3) is 17.0 Å². The fourth-order valence-corrected chi connectivity index (χ4v) is 2.21. The van der Waals surface area contributed by atoms with Crippen LogP contribution in [-0.4, -0.2) is 22.0 Å². The number of hydrogen-bond donors (Lipinski definition) is 2. The first kappa shape index (κ1) is 14.6. The molecule has 1 aromatic heterocycles. The number of carboxylic acids is 1. The third-order valence-corrected chi connectivity index (χ3v) is 3.35. The lowest BCUT2D eigenvalue weighted by molar-refractivity contribution is 0.0696. The van der Waals surface area contributed by atoms with Crippen molar-refractivity contribution in [2.24, 2.45) is 0 Å². The third kappa shape index (κ3) is 2.98. The minimum atomic E-state index is -1.17. The van der Waals surface area contributed by atoms with Crippen molar-refractivity contribution in [2.45, 2.75) is 0 Å². The molecule has 0 saturated heterocycles. The highest BCUT2D eigenvalue weighted by Gasteiger charge is 2.12. The SMILES string of the molecule is O=C(O)c1ccc(C(=O)C=Cc2cc3ccccc3o2)c(O)c1. The summed E-state index contributed by atoms with van der Waals surface area (Å²) >= 11 is 0. The van der Waals surface area contributed by atoms with Gasteiger partial charge >= 0.3 is 5.97 Å². The average molecular weight is 308 g/mol. The first-order valence-electron chi connectivity index (χ1n) is 6.82. The molecule has 0 spiro atoms. The Morgan fingerprint density at radius 2 is 1.83 bits per heavy atom. The van der Waals surface area contributed by atoms with Gasteiger partial charge in [0.05, 0.1) is 11.1 Å². The van der Waals surface area contributed by atoms with Crippen LogP contribution in [0.4, 0.5) is 0 Å². The Kier molecular flexibility index (Phi) is 3.68. The zero-order valence-corrected chi connectivity index (χ0v) is 11.9. The zero-order chi connectivity index (χ0) is 16.4. The molecule has 0 saturated carbocycles. The molecule has 5 heteroatoms. The van der Waals surface area contributed by atoms with E-state index in [4.69, 9.17) is 9.52 Å². The number of hydrogen-bond acceptors (Lipinski definition) is 4. The Balaban J connectivity index is 1.84. The van der Waals surface area contributed by atoms with E-state index < -0.39 is 11.8 Å². The predicted octanol–water partition coefficient (Wildman–Crippen LogP) is 3.73. The average Bonchev–Trinajstić information content (AvgIpc) is 2.95. The standard InChI is InChI=1S/C18H12O5/c19-15(14-7-5-12(18(21)22)10-16(14)20)8-6-13-9-11-3-1-2-4-17(11)23-13/h1-10,20H,(H,21,22). The zero-order valence-electron chi connectivity index (χ0n) is 11.9. The number of benzene rings is 2. The second-order valence-corrected chi connectivity index (χ2v) is 4.92. The summed E-state index contributed by atoms with van der Waals surface area (Å²) in [5.74, 6) is -1.47. The van der Waals surface area contributed by atoms with Crippen LogP contribution in [0.1, 0.15) is 26.5 Å². The van der Waals surface area contributed by atoms with E-state index in [1.165, 1.54) is 24.3 Å². The lowest BCUT2D eigenvalue weighted by Crippen LogP contribution is -1.99. The normalized spacial score (nSPS) is 11.1. The number of carbonyl (C=O) groups excluding carboxylic acids is 1. The molecule has 0 bridgehead atoms. The van der Waals surface area contributed by atoms with E-state index in [0.29, 0.717) is 11.3 Å².